The third-order valence-corrected chi connectivity index (χ3v) is 4.77. The number of ether oxygens (including phenoxy) is 1. The molecule has 2 N–H and O–H groups in total. The summed E-state index contributed by atoms with van der Waals surface area (Å²) in [6.07, 6.45) is 0. The number of nitrogen functional groups attached to an aromatic ring is 1. The predicted molar refractivity (Wildman–Crippen MR) is 106 cm³/mol. The molecule has 6 heteroatoms. The normalized spacial score (nSPS) is 11.5. The van der Waals surface area contributed by atoms with Crippen molar-refractivity contribution in [3.05, 3.63) is 52.5 Å². The zero-order chi connectivity index (χ0) is 17.8. The van der Waals surface area contributed by atoms with Crippen molar-refractivity contribution in [1.29, 1.82) is 0 Å². The van der Waals surface area contributed by atoms with E-state index in [0.29, 0.717) is 5.95 Å². The Bertz CT molecular complexity index is 862. The molecule has 0 aliphatic heterocycles. The number of halogens is 1. The number of hydrogen-bond donors (Lipinski definition) is 1. The summed E-state index contributed by atoms with van der Waals surface area (Å²) in [5.74, 6) is 0.497. The van der Waals surface area contributed by atoms with E-state index in [2.05, 4.69) is 57.0 Å². The van der Waals surface area contributed by atoms with Gasteiger partial charge in [-0.1, -0.05) is 35.0 Å². The lowest BCUT2D eigenvalue weighted by atomic mass is 10.1. The van der Waals surface area contributed by atoms with Crippen LogP contribution < -0.4 is 5.73 Å². The van der Waals surface area contributed by atoms with Gasteiger partial charge in [0, 0.05) is 30.4 Å². The molecule has 132 valence electrons. The lowest BCUT2D eigenvalue weighted by molar-refractivity contribution is 0.147. The van der Waals surface area contributed by atoms with Crippen LogP contribution >= 0.6 is 15.9 Å². The van der Waals surface area contributed by atoms with E-state index in [1.807, 2.05) is 22.8 Å². The number of methoxy groups -OCH3 is 1. The molecule has 0 aliphatic rings. The van der Waals surface area contributed by atoms with E-state index in [4.69, 9.17) is 10.5 Å². The summed E-state index contributed by atoms with van der Waals surface area (Å²) >= 11 is 3.53. The van der Waals surface area contributed by atoms with Gasteiger partial charge in [-0.2, -0.15) is 0 Å². The molecule has 3 aromatic rings. The molecule has 0 fully saturated rings. The van der Waals surface area contributed by atoms with Crippen LogP contribution in [0, 0.1) is 0 Å². The Labute approximate surface area is 156 Å². The molecule has 5 nitrogen and oxygen atoms in total. The Hall–Kier alpha value is -1.89. The van der Waals surface area contributed by atoms with Crippen LogP contribution in [0.2, 0.25) is 0 Å². The molecular weight excluding hydrogens is 380 g/mol. The Kier molecular flexibility index (Phi) is 5.73. The zero-order valence-electron chi connectivity index (χ0n) is 14.6. The summed E-state index contributed by atoms with van der Waals surface area (Å²) in [4.78, 5) is 6.83. The molecule has 0 saturated carbocycles. The highest BCUT2D eigenvalue weighted by Crippen LogP contribution is 2.26. The third kappa shape index (κ3) is 4.03. The van der Waals surface area contributed by atoms with Gasteiger partial charge in [0.15, 0.2) is 0 Å². The number of nitrogens with two attached hydrogens (primary N) is 1. The second kappa shape index (κ2) is 7.99. The maximum Gasteiger partial charge on any atom is 0.205 e. The Morgan fingerprint density at radius 1 is 1.24 bits per heavy atom. The fourth-order valence-electron chi connectivity index (χ4n) is 2.96. The SMILES string of the molecule is CCN(CCOC)Cc1cccc(-n2c(N)nc3ccc(Br)cc32)c1. The number of rotatable bonds is 7. The van der Waals surface area contributed by atoms with Crippen molar-refractivity contribution in [2.45, 2.75) is 13.5 Å². The molecule has 1 heterocycles. The molecule has 1 aromatic heterocycles. The topological polar surface area (TPSA) is 56.3 Å². The van der Waals surface area contributed by atoms with Crippen LogP contribution in [0.4, 0.5) is 5.95 Å². The third-order valence-electron chi connectivity index (χ3n) is 4.28. The molecule has 0 saturated heterocycles. The summed E-state index contributed by atoms with van der Waals surface area (Å²) in [6.45, 7) is 5.68. The van der Waals surface area contributed by atoms with Crippen molar-refractivity contribution in [2.75, 3.05) is 32.5 Å². The first-order valence-electron chi connectivity index (χ1n) is 8.36. The van der Waals surface area contributed by atoms with Crippen LogP contribution in [-0.4, -0.2) is 41.3 Å². The van der Waals surface area contributed by atoms with Gasteiger partial charge in [0.2, 0.25) is 5.95 Å². The second-order valence-electron chi connectivity index (χ2n) is 5.97. The van der Waals surface area contributed by atoms with E-state index in [1.54, 1.807) is 7.11 Å². The minimum Gasteiger partial charge on any atom is -0.383 e. The Balaban J connectivity index is 1.94. The largest absolute Gasteiger partial charge is 0.383 e. The van der Waals surface area contributed by atoms with Gasteiger partial charge in [-0.3, -0.25) is 9.47 Å². The first-order chi connectivity index (χ1) is 12.1. The van der Waals surface area contributed by atoms with E-state index in [9.17, 15) is 0 Å². The highest BCUT2D eigenvalue weighted by molar-refractivity contribution is 9.10. The molecule has 25 heavy (non-hydrogen) atoms. The number of likely N-dealkylation sites (N-methyl/N-ethyl adjacent to an activating group) is 1. The molecular formula is C19H23BrN4O. The van der Waals surface area contributed by atoms with Crippen LogP contribution in [-0.2, 0) is 11.3 Å². The minimum atomic E-state index is 0.497. The average molecular weight is 403 g/mol. The summed E-state index contributed by atoms with van der Waals surface area (Å²) in [5.41, 5.74) is 10.3. The molecule has 0 aliphatic carbocycles. The standard InChI is InChI=1S/C19H23BrN4O/c1-3-23(9-10-25-2)13-14-5-4-6-16(11-14)24-18-12-15(20)7-8-17(18)22-19(24)21/h4-8,11-12H,3,9-10,13H2,1-2H3,(H2,21,22). The number of fused-ring (bicyclic) bond motifs is 1. The van der Waals surface area contributed by atoms with Gasteiger partial charge in [0.25, 0.3) is 0 Å². The quantitative estimate of drug-likeness (QED) is 0.652. The number of hydrogen-bond acceptors (Lipinski definition) is 4. The Morgan fingerprint density at radius 2 is 2.08 bits per heavy atom. The smallest absolute Gasteiger partial charge is 0.205 e. The van der Waals surface area contributed by atoms with Crippen molar-refractivity contribution in [3.8, 4) is 5.69 Å². The number of benzene rings is 2. The molecule has 0 spiro atoms. The van der Waals surface area contributed by atoms with E-state index >= 15 is 0 Å². The lowest BCUT2D eigenvalue weighted by Gasteiger charge is -2.20. The van der Waals surface area contributed by atoms with Gasteiger partial charge in [0.05, 0.1) is 17.6 Å². The fraction of sp³-hybridized carbons (Fsp3) is 0.316. The monoisotopic (exact) mass is 402 g/mol. The minimum absolute atomic E-state index is 0.497. The van der Waals surface area contributed by atoms with Crippen molar-refractivity contribution in [3.63, 3.8) is 0 Å². The van der Waals surface area contributed by atoms with Crippen molar-refractivity contribution < 1.29 is 4.74 Å². The van der Waals surface area contributed by atoms with Crippen LogP contribution in [0.3, 0.4) is 0 Å². The van der Waals surface area contributed by atoms with Gasteiger partial charge in [-0.15, -0.1) is 0 Å². The summed E-state index contributed by atoms with van der Waals surface area (Å²) in [7, 11) is 1.74. The molecule has 0 unspecified atom stereocenters. The molecule has 0 radical (unpaired) electrons. The fourth-order valence-corrected chi connectivity index (χ4v) is 3.31. The van der Waals surface area contributed by atoms with Crippen molar-refractivity contribution in [2.24, 2.45) is 0 Å². The van der Waals surface area contributed by atoms with Gasteiger partial charge in [-0.25, -0.2) is 4.98 Å². The molecule has 0 atom stereocenters. The van der Waals surface area contributed by atoms with Crippen molar-refractivity contribution >= 4 is 32.9 Å². The highest BCUT2D eigenvalue weighted by Gasteiger charge is 2.11. The van der Waals surface area contributed by atoms with Gasteiger partial charge in [-0.05, 0) is 42.4 Å². The Morgan fingerprint density at radius 3 is 2.84 bits per heavy atom. The molecule has 0 bridgehead atoms. The second-order valence-corrected chi connectivity index (χ2v) is 6.89. The van der Waals surface area contributed by atoms with Crippen LogP contribution in [0.25, 0.3) is 16.7 Å². The maximum absolute atomic E-state index is 6.19. The number of imidazole rings is 1. The van der Waals surface area contributed by atoms with Gasteiger partial charge >= 0.3 is 0 Å². The first-order valence-corrected chi connectivity index (χ1v) is 9.15. The highest BCUT2D eigenvalue weighted by atomic mass is 79.9. The van der Waals surface area contributed by atoms with Crippen LogP contribution in [0.5, 0.6) is 0 Å². The summed E-state index contributed by atoms with van der Waals surface area (Å²) in [6, 6.07) is 14.4. The lowest BCUT2D eigenvalue weighted by Crippen LogP contribution is -2.26. The van der Waals surface area contributed by atoms with E-state index in [-0.39, 0.29) is 0 Å². The first kappa shape index (κ1) is 17.9. The van der Waals surface area contributed by atoms with Crippen LogP contribution in [0.1, 0.15) is 12.5 Å². The number of nitrogens with zero attached hydrogens (tertiary/aromatic N) is 3. The molecule has 3 rings (SSSR count). The summed E-state index contributed by atoms with van der Waals surface area (Å²) < 4.78 is 8.20. The predicted octanol–water partition coefficient (Wildman–Crippen LogP) is 3.84. The molecule has 0 amide bonds. The zero-order valence-corrected chi connectivity index (χ0v) is 16.2. The van der Waals surface area contributed by atoms with Gasteiger partial charge in [0.1, 0.15) is 0 Å². The van der Waals surface area contributed by atoms with Crippen molar-refractivity contribution in [1.82, 2.24) is 14.5 Å². The average Bonchev–Trinajstić information content (AvgIpc) is 2.93. The number of anilines is 1. The maximum atomic E-state index is 6.19. The van der Waals surface area contributed by atoms with E-state index in [0.717, 1.165) is 47.4 Å². The molecule has 2 aromatic carbocycles. The van der Waals surface area contributed by atoms with Gasteiger partial charge < -0.3 is 10.5 Å². The summed E-state index contributed by atoms with van der Waals surface area (Å²) in [5, 5.41) is 0. The van der Waals surface area contributed by atoms with E-state index in [1.165, 1.54) is 5.56 Å². The van der Waals surface area contributed by atoms with Crippen LogP contribution in [0.15, 0.2) is 46.9 Å². The number of aromatic nitrogens is 2. The van der Waals surface area contributed by atoms with E-state index < -0.39 is 0 Å².